The first-order chi connectivity index (χ1) is 8.04. The Balaban J connectivity index is 3.01. The smallest absolute Gasteiger partial charge is 0.308 e. The maximum absolute atomic E-state index is 11.0. The molecule has 0 aliphatic rings. The molecule has 0 N–H and O–H groups in total. The van der Waals surface area contributed by atoms with Gasteiger partial charge in [0.2, 0.25) is 5.75 Å². The Morgan fingerprint density at radius 1 is 1.29 bits per heavy atom. The Hall–Kier alpha value is -1.97. The van der Waals surface area contributed by atoms with Crippen LogP contribution >= 0.6 is 0 Å². The van der Waals surface area contributed by atoms with Gasteiger partial charge in [0, 0.05) is 6.92 Å². The monoisotopic (exact) mass is 236 g/mol. The van der Waals surface area contributed by atoms with Gasteiger partial charge in [0.25, 0.3) is 0 Å². The predicted octanol–water partition coefficient (Wildman–Crippen LogP) is 2.58. The zero-order chi connectivity index (χ0) is 12.8. The molecule has 0 radical (unpaired) electrons. The summed E-state index contributed by atoms with van der Waals surface area (Å²) >= 11 is 0. The van der Waals surface area contributed by atoms with Crippen molar-refractivity contribution in [3.05, 3.63) is 30.4 Å². The van der Waals surface area contributed by atoms with Crippen LogP contribution in [-0.4, -0.2) is 19.7 Å². The van der Waals surface area contributed by atoms with Crippen LogP contribution in [0.3, 0.4) is 0 Å². The first-order valence-electron chi connectivity index (χ1n) is 5.17. The number of hydrogen-bond donors (Lipinski definition) is 0. The summed E-state index contributed by atoms with van der Waals surface area (Å²) in [5.74, 6) is 0.870. The molecule has 0 atom stereocenters. The minimum absolute atomic E-state index is 0.342. The van der Waals surface area contributed by atoms with Crippen molar-refractivity contribution in [1.82, 2.24) is 0 Å². The molecule has 0 unspecified atom stereocenters. The summed E-state index contributed by atoms with van der Waals surface area (Å²) < 4.78 is 15.7. The first kappa shape index (κ1) is 13.1. The fourth-order valence-electron chi connectivity index (χ4n) is 1.23. The molecule has 4 heteroatoms. The average Bonchev–Trinajstić information content (AvgIpc) is 2.26. The number of carbonyl (C=O) groups is 1. The molecule has 4 nitrogen and oxygen atoms in total. The van der Waals surface area contributed by atoms with Crippen LogP contribution in [0.15, 0.2) is 30.4 Å². The molecule has 1 aromatic rings. The summed E-state index contributed by atoms with van der Waals surface area (Å²) in [5.41, 5.74) is 0.865. The van der Waals surface area contributed by atoms with Gasteiger partial charge in [-0.05, 0) is 24.6 Å². The van der Waals surface area contributed by atoms with Crippen molar-refractivity contribution in [2.45, 2.75) is 13.8 Å². The lowest BCUT2D eigenvalue weighted by atomic mass is 10.3. The van der Waals surface area contributed by atoms with Gasteiger partial charge in [-0.25, -0.2) is 0 Å². The number of para-hydroxylation sites is 1. The molecule has 0 amide bonds. The van der Waals surface area contributed by atoms with E-state index in [2.05, 4.69) is 6.58 Å². The number of ether oxygens (including phenoxy) is 3. The molecule has 0 aliphatic carbocycles. The highest BCUT2D eigenvalue weighted by molar-refractivity contribution is 5.71. The van der Waals surface area contributed by atoms with E-state index in [9.17, 15) is 4.79 Å². The van der Waals surface area contributed by atoms with Crippen LogP contribution < -0.4 is 14.2 Å². The Morgan fingerprint density at radius 3 is 2.47 bits per heavy atom. The summed E-state index contributed by atoms with van der Waals surface area (Å²) in [6.07, 6.45) is 0. The van der Waals surface area contributed by atoms with Crippen molar-refractivity contribution in [2.24, 2.45) is 0 Å². The van der Waals surface area contributed by atoms with Gasteiger partial charge in [0.15, 0.2) is 11.5 Å². The van der Waals surface area contributed by atoms with E-state index < -0.39 is 5.97 Å². The fourth-order valence-corrected chi connectivity index (χ4v) is 1.23. The number of rotatable bonds is 5. The molecule has 0 bridgehead atoms. The van der Waals surface area contributed by atoms with Crippen molar-refractivity contribution >= 4 is 5.97 Å². The highest BCUT2D eigenvalue weighted by Gasteiger charge is 2.13. The van der Waals surface area contributed by atoms with E-state index >= 15 is 0 Å². The molecule has 0 fully saturated rings. The van der Waals surface area contributed by atoms with Gasteiger partial charge in [-0.2, -0.15) is 0 Å². The fraction of sp³-hybridized carbons (Fsp3) is 0.308. The van der Waals surface area contributed by atoms with E-state index in [-0.39, 0.29) is 0 Å². The first-order valence-corrected chi connectivity index (χ1v) is 5.17. The van der Waals surface area contributed by atoms with Gasteiger partial charge in [0.1, 0.15) is 6.61 Å². The van der Waals surface area contributed by atoms with E-state index in [1.54, 1.807) is 18.2 Å². The number of esters is 1. The van der Waals surface area contributed by atoms with E-state index in [1.807, 2.05) is 6.92 Å². The lowest BCUT2D eigenvalue weighted by Crippen LogP contribution is -2.06. The number of methoxy groups -OCH3 is 1. The zero-order valence-corrected chi connectivity index (χ0v) is 10.3. The van der Waals surface area contributed by atoms with Crippen LogP contribution in [0.4, 0.5) is 0 Å². The van der Waals surface area contributed by atoms with E-state index in [1.165, 1.54) is 14.0 Å². The zero-order valence-electron chi connectivity index (χ0n) is 10.3. The summed E-state index contributed by atoms with van der Waals surface area (Å²) in [6, 6.07) is 5.11. The van der Waals surface area contributed by atoms with E-state index in [0.717, 1.165) is 5.57 Å². The van der Waals surface area contributed by atoms with Crippen molar-refractivity contribution in [3.8, 4) is 17.2 Å². The molecule has 1 rings (SSSR count). The molecule has 92 valence electrons. The predicted molar refractivity (Wildman–Crippen MR) is 64.6 cm³/mol. The second-order valence-corrected chi connectivity index (χ2v) is 3.63. The van der Waals surface area contributed by atoms with Gasteiger partial charge in [-0.3, -0.25) is 4.79 Å². The number of hydrogen-bond acceptors (Lipinski definition) is 4. The third kappa shape index (κ3) is 3.83. The minimum Gasteiger partial charge on any atom is -0.493 e. The lowest BCUT2D eigenvalue weighted by molar-refractivity contribution is -0.132. The van der Waals surface area contributed by atoms with Crippen molar-refractivity contribution in [1.29, 1.82) is 0 Å². The van der Waals surface area contributed by atoms with Crippen molar-refractivity contribution in [3.63, 3.8) is 0 Å². The quantitative estimate of drug-likeness (QED) is 0.448. The van der Waals surface area contributed by atoms with Crippen LogP contribution in [-0.2, 0) is 4.79 Å². The molecular weight excluding hydrogens is 220 g/mol. The van der Waals surface area contributed by atoms with Crippen LogP contribution in [0, 0.1) is 0 Å². The van der Waals surface area contributed by atoms with Gasteiger partial charge < -0.3 is 14.2 Å². The molecular formula is C13H16O4. The van der Waals surface area contributed by atoms with Gasteiger partial charge in [0.05, 0.1) is 7.11 Å². The molecule has 1 aromatic carbocycles. The number of carbonyl (C=O) groups excluding carboxylic acids is 1. The van der Waals surface area contributed by atoms with Crippen LogP contribution in [0.1, 0.15) is 13.8 Å². The lowest BCUT2D eigenvalue weighted by Gasteiger charge is -2.14. The topological polar surface area (TPSA) is 44.8 Å². The standard InChI is InChI=1S/C13H16O4/c1-9(2)8-16-13-11(15-4)6-5-7-12(13)17-10(3)14/h5-7H,1,8H2,2-4H3. The molecule has 0 aromatic heterocycles. The second-order valence-electron chi connectivity index (χ2n) is 3.63. The summed E-state index contributed by atoms with van der Waals surface area (Å²) in [6.45, 7) is 7.27. The molecule has 0 spiro atoms. The molecule has 0 aliphatic heterocycles. The summed E-state index contributed by atoms with van der Waals surface area (Å²) in [7, 11) is 1.53. The van der Waals surface area contributed by atoms with E-state index in [0.29, 0.717) is 23.9 Å². The van der Waals surface area contributed by atoms with Gasteiger partial charge >= 0.3 is 5.97 Å². The van der Waals surface area contributed by atoms with Crippen LogP contribution in [0.2, 0.25) is 0 Å². The summed E-state index contributed by atoms with van der Waals surface area (Å²) in [4.78, 5) is 11.0. The SMILES string of the molecule is C=C(C)COc1c(OC)cccc1OC(C)=O. The van der Waals surface area contributed by atoms with Gasteiger partial charge in [-0.1, -0.05) is 12.6 Å². The summed E-state index contributed by atoms with van der Waals surface area (Å²) in [5, 5.41) is 0. The Morgan fingerprint density at radius 2 is 1.94 bits per heavy atom. The molecule has 0 saturated heterocycles. The molecule has 0 saturated carbocycles. The molecule has 17 heavy (non-hydrogen) atoms. The third-order valence-electron chi connectivity index (χ3n) is 1.88. The minimum atomic E-state index is -0.404. The largest absolute Gasteiger partial charge is 0.493 e. The average molecular weight is 236 g/mol. The van der Waals surface area contributed by atoms with Crippen LogP contribution in [0.5, 0.6) is 17.2 Å². The Bertz CT molecular complexity index is 423. The Labute approximate surface area is 101 Å². The second kappa shape index (κ2) is 5.94. The van der Waals surface area contributed by atoms with Crippen molar-refractivity contribution in [2.75, 3.05) is 13.7 Å². The van der Waals surface area contributed by atoms with Gasteiger partial charge in [-0.15, -0.1) is 0 Å². The third-order valence-corrected chi connectivity index (χ3v) is 1.88. The highest BCUT2D eigenvalue weighted by atomic mass is 16.6. The number of benzene rings is 1. The highest BCUT2D eigenvalue weighted by Crippen LogP contribution is 2.37. The normalized spacial score (nSPS) is 9.59. The Kier molecular flexibility index (Phi) is 4.57. The maximum atomic E-state index is 11.0. The maximum Gasteiger partial charge on any atom is 0.308 e. The van der Waals surface area contributed by atoms with Crippen molar-refractivity contribution < 1.29 is 19.0 Å². The van der Waals surface area contributed by atoms with E-state index in [4.69, 9.17) is 14.2 Å². The van der Waals surface area contributed by atoms with Crippen LogP contribution in [0.25, 0.3) is 0 Å². The molecule has 0 heterocycles.